The molecule has 0 aliphatic carbocycles. The van der Waals surface area contributed by atoms with E-state index in [2.05, 4.69) is 12.2 Å². The fourth-order valence-electron chi connectivity index (χ4n) is 3.19. The van der Waals surface area contributed by atoms with Gasteiger partial charge >= 0.3 is 11.6 Å². The van der Waals surface area contributed by atoms with Crippen molar-refractivity contribution in [2.45, 2.75) is 71.9 Å². The van der Waals surface area contributed by atoms with Gasteiger partial charge in [0.1, 0.15) is 17.4 Å². The smallest absolute Gasteiger partial charge is 0.336 e. The number of rotatable bonds is 10. The Bertz CT molecular complexity index is 933. The van der Waals surface area contributed by atoms with E-state index < -0.39 is 29.6 Å². The first-order valence-electron chi connectivity index (χ1n) is 10.0. The molecule has 0 aliphatic heterocycles. The number of hydrogen-bond donors (Lipinski definition) is 2. The molecule has 0 spiro atoms. The van der Waals surface area contributed by atoms with Crippen LogP contribution in [0.1, 0.15) is 57.6 Å². The van der Waals surface area contributed by atoms with Crippen LogP contribution in [0.4, 0.5) is 0 Å². The van der Waals surface area contributed by atoms with E-state index in [0.717, 1.165) is 30.2 Å². The van der Waals surface area contributed by atoms with Gasteiger partial charge in [-0.1, -0.05) is 26.7 Å². The number of ether oxygens (including phenoxy) is 1. The lowest BCUT2D eigenvalue weighted by Crippen LogP contribution is -2.46. The lowest BCUT2D eigenvalue weighted by atomic mass is 10.0. The second-order valence-electron chi connectivity index (χ2n) is 7.21. The van der Waals surface area contributed by atoms with E-state index in [4.69, 9.17) is 9.15 Å². The standard InChI is InChI=1S/C22H29NO6/c1-5-7-9-15-12-19(24)29-20-13(3)18(11-10-16(15)20)28-14(4)21(25)23-17(8-6-2)22(26)27/h10-12,14,17H,5-9H2,1-4H3,(H,23,25)(H,26,27)/t14-,17-/m0/s1. The lowest BCUT2D eigenvalue weighted by Gasteiger charge is -2.20. The predicted octanol–water partition coefficient (Wildman–Crippen LogP) is 3.58. The summed E-state index contributed by atoms with van der Waals surface area (Å²) in [6.45, 7) is 7.26. The fourth-order valence-corrected chi connectivity index (χ4v) is 3.19. The van der Waals surface area contributed by atoms with Gasteiger partial charge in [0.15, 0.2) is 6.10 Å². The van der Waals surface area contributed by atoms with Gasteiger partial charge in [0.25, 0.3) is 5.91 Å². The molecule has 2 rings (SSSR count). The zero-order valence-corrected chi connectivity index (χ0v) is 17.4. The maximum atomic E-state index is 12.4. The Kier molecular flexibility index (Phi) is 7.82. The predicted molar refractivity (Wildman–Crippen MR) is 110 cm³/mol. The molecule has 158 valence electrons. The Morgan fingerprint density at radius 1 is 1.24 bits per heavy atom. The average molecular weight is 403 g/mol. The number of hydrogen-bond acceptors (Lipinski definition) is 5. The molecule has 1 aromatic carbocycles. The van der Waals surface area contributed by atoms with E-state index >= 15 is 0 Å². The third-order valence-electron chi connectivity index (χ3n) is 4.86. The van der Waals surface area contributed by atoms with E-state index in [0.29, 0.717) is 29.7 Å². The van der Waals surface area contributed by atoms with Crippen molar-refractivity contribution in [3.8, 4) is 5.75 Å². The molecule has 2 atom stereocenters. The highest BCUT2D eigenvalue weighted by Gasteiger charge is 2.24. The van der Waals surface area contributed by atoms with Gasteiger partial charge in [-0.2, -0.15) is 0 Å². The van der Waals surface area contributed by atoms with E-state index in [-0.39, 0.29) is 0 Å². The summed E-state index contributed by atoms with van der Waals surface area (Å²) in [5, 5.41) is 12.6. The molecular weight excluding hydrogens is 374 g/mol. The van der Waals surface area contributed by atoms with Crippen molar-refractivity contribution in [3.05, 3.63) is 39.7 Å². The number of benzene rings is 1. The molecule has 0 saturated carbocycles. The first-order valence-corrected chi connectivity index (χ1v) is 10.0. The molecule has 29 heavy (non-hydrogen) atoms. The molecule has 0 unspecified atom stereocenters. The molecule has 0 radical (unpaired) electrons. The summed E-state index contributed by atoms with van der Waals surface area (Å²) in [6, 6.07) is 4.15. The van der Waals surface area contributed by atoms with Crippen LogP contribution in [0, 0.1) is 6.92 Å². The number of carboxylic acid groups (broad SMARTS) is 1. The summed E-state index contributed by atoms with van der Waals surface area (Å²) in [4.78, 5) is 35.6. The van der Waals surface area contributed by atoms with Crippen LogP contribution < -0.4 is 15.7 Å². The number of nitrogens with one attached hydrogen (secondary N) is 1. The Balaban J connectivity index is 2.25. The number of amides is 1. The summed E-state index contributed by atoms with van der Waals surface area (Å²) < 4.78 is 11.2. The van der Waals surface area contributed by atoms with E-state index in [1.165, 1.54) is 6.07 Å². The van der Waals surface area contributed by atoms with Gasteiger partial charge in [0.2, 0.25) is 0 Å². The molecule has 1 amide bonds. The van der Waals surface area contributed by atoms with Crippen LogP contribution in [0.15, 0.2) is 27.4 Å². The molecule has 7 heteroatoms. The molecule has 7 nitrogen and oxygen atoms in total. The fraction of sp³-hybridized carbons (Fsp3) is 0.500. The molecule has 2 N–H and O–H groups in total. The Morgan fingerprint density at radius 2 is 1.97 bits per heavy atom. The monoisotopic (exact) mass is 403 g/mol. The minimum Gasteiger partial charge on any atom is -0.480 e. The van der Waals surface area contributed by atoms with Crippen molar-refractivity contribution in [2.24, 2.45) is 0 Å². The number of fused-ring (bicyclic) bond motifs is 1. The van der Waals surface area contributed by atoms with Crippen LogP contribution in [0.2, 0.25) is 0 Å². The largest absolute Gasteiger partial charge is 0.480 e. The SMILES string of the molecule is CCCCc1cc(=O)oc2c(C)c(O[C@@H](C)C(=O)N[C@@H](CCC)C(=O)O)ccc12. The summed E-state index contributed by atoms with van der Waals surface area (Å²) in [7, 11) is 0. The third-order valence-corrected chi connectivity index (χ3v) is 4.86. The first-order chi connectivity index (χ1) is 13.8. The Labute approximate surface area is 170 Å². The minimum absolute atomic E-state index is 0.342. The lowest BCUT2D eigenvalue weighted by molar-refractivity contribution is -0.143. The number of unbranched alkanes of at least 4 members (excludes halogenated alkanes) is 1. The summed E-state index contributed by atoms with van der Waals surface area (Å²) in [5.74, 6) is -1.17. The van der Waals surface area contributed by atoms with Crippen LogP contribution in [0.25, 0.3) is 11.0 Å². The molecule has 1 aromatic heterocycles. The maximum Gasteiger partial charge on any atom is 0.336 e. The van der Waals surface area contributed by atoms with Crippen molar-refractivity contribution >= 4 is 22.8 Å². The molecule has 0 aliphatic rings. The van der Waals surface area contributed by atoms with Gasteiger partial charge in [-0.25, -0.2) is 9.59 Å². The van der Waals surface area contributed by atoms with Crippen molar-refractivity contribution in [1.29, 1.82) is 0 Å². The minimum atomic E-state index is -1.07. The topological polar surface area (TPSA) is 106 Å². The van der Waals surface area contributed by atoms with Gasteiger partial charge in [-0.15, -0.1) is 0 Å². The highest BCUT2D eigenvalue weighted by Crippen LogP contribution is 2.29. The second kappa shape index (κ2) is 10.1. The quantitative estimate of drug-likeness (QED) is 0.588. The molecule has 0 bridgehead atoms. The molecular formula is C22H29NO6. The van der Waals surface area contributed by atoms with Gasteiger partial charge in [-0.05, 0) is 50.8 Å². The van der Waals surface area contributed by atoms with Gasteiger partial charge in [0.05, 0.1) is 0 Å². The summed E-state index contributed by atoms with van der Waals surface area (Å²) in [5.41, 5.74) is 1.59. The Hall–Kier alpha value is -2.83. The number of aliphatic carboxylic acids is 1. The van der Waals surface area contributed by atoms with Gasteiger partial charge < -0.3 is 19.6 Å². The zero-order valence-electron chi connectivity index (χ0n) is 17.4. The number of aryl methyl sites for hydroxylation is 2. The number of carboxylic acids is 1. The third kappa shape index (κ3) is 5.59. The summed E-state index contributed by atoms with van der Waals surface area (Å²) >= 11 is 0. The Morgan fingerprint density at radius 3 is 2.59 bits per heavy atom. The van der Waals surface area contributed by atoms with Crippen LogP contribution in [0.5, 0.6) is 5.75 Å². The van der Waals surface area contributed by atoms with E-state index in [1.807, 2.05) is 13.0 Å². The zero-order chi connectivity index (χ0) is 21.6. The van der Waals surface area contributed by atoms with Gasteiger partial charge in [-0.3, -0.25) is 4.79 Å². The van der Waals surface area contributed by atoms with Crippen molar-refractivity contribution in [1.82, 2.24) is 5.32 Å². The first kappa shape index (κ1) is 22.5. The second-order valence-corrected chi connectivity index (χ2v) is 7.21. The van der Waals surface area contributed by atoms with Crippen molar-refractivity contribution < 1.29 is 23.8 Å². The van der Waals surface area contributed by atoms with E-state index in [9.17, 15) is 19.5 Å². The van der Waals surface area contributed by atoms with Crippen LogP contribution in [-0.2, 0) is 16.0 Å². The number of carbonyl (C=O) groups excluding carboxylic acids is 1. The normalized spacial score (nSPS) is 13.1. The molecule has 0 saturated heterocycles. The van der Waals surface area contributed by atoms with Crippen LogP contribution >= 0.6 is 0 Å². The maximum absolute atomic E-state index is 12.4. The van der Waals surface area contributed by atoms with Crippen LogP contribution in [-0.4, -0.2) is 29.1 Å². The van der Waals surface area contributed by atoms with Gasteiger partial charge in [0, 0.05) is 17.0 Å². The average Bonchev–Trinajstić information content (AvgIpc) is 2.67. The van der Waals surface area contributed by atoms with Crippen LogP contribution in [0.3, 0.4) is 0 Å². The molecule has 0 fully saturated rings. The van der Waals surface area contributed by atoms with Crippen molar-refractivity contribution in [3.63, 3.8) is 0 Å². The van der Waals surface area contributed by atoms with Crippen molar-refractivity contribution in [2.75, 3.05) is 0 Å². The number of carbonyl (C=O) groups is 2. The van der Waals surface area contributed by atoms with E-state index in [1.54, 1.807) is 19.9 Å². The highest BCUT2D eigenvalue weighted by molar-refractivity contribution is 5.87. The molecule has 2 aromatic rings. The highest BCUT2D eigenvalue weighted by atomic mass is 16.5. The summed E-state index contributed by atoms with van der Waals surface area (Å²) in [6.07, 6.45) is 2.84. The molecule has 1 heterocycles.